The number of amides is 3. The van der Waals surface area contributed by atoms with E-state index in [0.29, 0.717) is 12.3 Å². The van der Waals surface area contributed by atoms with Gasteiger partial charge in [0.25, 0.3) is 0 Å². The highest BCUT2D eigenvalue weighted by molar-refractivity contribution is 7.11. The van der Waals surface area contributed by atoms with E-state index in [0.717, 1.165) is 10.4 Å². The summed E-state index contributed by atoms with van der Waals surface area (Å²) in [5.74, 6) is 0.316. The lowest BCUT2D eigenvalue weighted by atomic mass is 10.1. The molecule has 0 atom stereocenters. The van der Waals surface area contributed by atoms with E-state index in [-0.39, 0.29) is 12.3 Å². The number of hydrogen-bond acceptors (Lipinski definition) is 4. The van der Waals surface area contributed by atoms with E-state index in [1.165, 1.54) is 4.88 Å². The molecule has 0 spiro atoms. The predicted octanol–water partition coefficient (Wildman–Crippen LogP) is 2.14. The van der Waals surface area contributed by atoms with Gasteiger partial charge in [0.05, 0.1) is 20.1 Å². The fourth-order valence-corrected chi connectivity index (χ4v) is 2.81. The summed E-state index contributed by atoms with van der Waals surface area (Å²) >= 11 is 1.62. The van der Waals surface area contributed by atoms with Gasteiger partial charge in [-0.2, -0.15) is 0 Å². The predicted molar refractivity (Wildman–Crippen MR) is 89.3 cm³/mol. The second-order valence-electron chi connectivity index (χ2n) is 4.86. The molecule has 0 aliphatic carbocycles. The maximum atomic E-state index is 11.9. The van der Waals surface area contributed by atoms with Crippen LogP contribution < -0.4 is 20.9 Å². The molecule has 1 aromatic heterocycles. The maximum Gasteiger partial charge on any atom is 0.333 e. The minimum Gasteiger partial charge on any atom is -0.496 e. The molecule has 122 valence electrons. The number of aryl methyl sites for hydroxylation is 1. The first-order valence-corrected chi connectivity index (χ1v) is 7.90. The topological polar surface area (TPSA) is 79.5 Å². The van der Waals surface area contributed by atoms with Gasteiger partial charge in [-0.05, 0) is 25.1 Å². The van der Waals surface area contributed by atoms with Crippen LogP contribution in [0.4, 0.5) is 4.79 Å². The maximum absolute atomic E-state index is 11.9. The van der Waals surface area contributed by atoms with Crippen LogP contribution in [0.1, 0.15) is 15.3 Å². The number of urea groups is 1. The van der Waals surface area contributed by atoms with Crippen LogP contribution in [0.5, 0.6) is 5.75 Å². The molecule has 23 heavy (non-hydrogen) atoms. The lowest BCUT2D eigenvalue weighted by molar-refractivity contribution is -0.121. The zero-order chi connectivity index (χ0) is 16.7. The van der Waals surface area contributed by atoms with Gasteiger partial charge < -0.3 is 10.1 Å². The largest absolute Gasteiger partial charge is 0.496 e. The highest BCUT2D eigenvalue weighted by Crippen LogP contribution is 2.17. The smallest absolute Gasteiger partial charge is 0.333 e. The van der Waals surface area contributed by atoms with Crippen molar-refractivity contribution in [2.45, 2.75) is 19.9 Å². The SMILES string of the molecule is COc1ccccc1CC(=O)NNC(=O)NCc1ccc(C)s1. The summed E-state index contributed by atoms with van der Waals surface area (Å²) in [7, 11) is 1.55. The first-order valence-electron chi connectivity index (χ1n) is 7.08. The number of nitrogens with one attached hydrogen (secondary N) is 3. The van der Waals surface area contributed by atoms with Crippen LogP contribution in [-0.2, 0) is 17.8 Å². The number of para-hydroxylation sites is 1. The summed E-state index contributed by atoms with van der Waals surface area (Å²) in [6.45, 7) is 2.43. The first-order chi connectivity index (χ1) is 11.1. The van der Waals surface area contributed by atoms with Crippen LogP contribution in [-0.4, -0.2) is 19.0 Å². The number of hydrogen-bond donors (Lipinski definition) is 3. The molecule has 2 aromatic rings. The van der Waals surface area contributed by atoms with E-state index < -0.39 is 6.03 Å². The molecule has 0 bridgehead atoms. The van der Waals surface area contributed by atoms with Crippen LogP contribution >= 0.6 is 11.3 Å². The van der Waals surface area contributed by atoms with E-state index >= 15 is 0 Å². The number of methoxy groups -OCH3 is 1. The highest BCUT2D eigenvalue weighted by atomic mass is 32.1. The van der Waals surface area contributed by atoms with Gasteiger partial charge in [-0.15, -0.1) is 11.3 Å². The molecule has 0 fully saturated rings. The molecule has 0 saturated heterocycles. The van der Waals surface area contributed by atoms with Crippen molar-refractivity contribution in [3.8, 4) is 5.75 Å². The van der Waals surface area contributed by atoms with Crippen LogP contribution in [0.15, 0.2) is 36.4 Å². The van der Waals surface area contributed by atoms with Crippen molar-refractivity contribution in [2.24, 2.45) is 0 Å². The summed E-state index contributed by atoms with van der Waals surface area (Å²) < 4.78 is 5.18. The Balaban J connectivity index is 1.74. The van der Waals surface area contributed by atoms with Crippen molar-refractivity contribution in [3.63, 3.8) is 0 Å². The van der Waals surface area contributed by atoms with Crippen molar-refractivity contribution in [1.82, 2.24) is 16.2 Å². The minimum atomic E-state index is -0.454. The molecule has 2 rings (SSSR count). The third kappa shape index (κ3) is 5.30. The molecule has 7 heteroatoms. The molecule has 3 amide bonds. The number of carbonyl (C=O) groups excluding carboxylic acids is 2. The van der Waals surface area contributed by atoms with Gasteiger partial charge in [-0.1, -0.05) is 18.2 Å². The molecule has 1 aromatic carbocycles. The number of ether oxygens (including phenoxy) is 1. The minimum absolute atomic E-state index is 0.119. The van der Waals surface area contributed by atoms with Crippen LogP contribution in [0.25, 0.3) is 0 Å². The molecule has 3 N–H and O–H groups in total. The number of thiophene rings is 1. The Labute approximate surface area is 138 Å². The fourth-order valence-electron chi connectivity index (χ4n) is 1.98. The second-order valence-corrected chi connectivity index (χ2v) is 6.23. The Morgan fingerprint density at radius 1 is 1.13 bits per heavy atom. The monoisotopic (exact) mass is 333 g/mol. The quantitative estimate of drug-likeness (QED) is 0.734. The van der Waals surface area contributed by atoms with Crippen molar-refractivity contribution < 1.29 is 14.3 Å². The molecule has 1 heterocycles. The first kappa shape index (κ1) is 16.8. The van der Waals surface area contributed by atoms with Gasteiger partial charge in [0.15, 0.2) is 0 Å². The van der Waals surface area contributed by atoms with E-state index in [1.807, 2.05) is 31.2 Å². The van der Waals surface area contributed by atoms with Gasteiger partial charge in [-0.25, -0.2) is 10.2 Å². The molecule has 0 saturated carbocycles. The Morgan fingerprint density at radius 2 is 1.91 bits per heavy atom. The van der Waals surface area contributed by atoms with E-state index in [1.54, 1.807) is 30.6 Å². The van der Waals surface area contributed by atoms with E-state index in [4.69, 9.17) is 4.74 Å². The van der Waals surface area contributed by atoms with Gasteiger partial charge in [0, 0.05) is 15.3 Å². The Kier molecular flexibility index (Phi) is 5.99. The Hall–Kier alpha value is -2.54. The van der Waals surface area contributed by atoms with Gasteiger partial charge in [-0.3, -0.25) is 10.2 Å². The number of benzene rings is 1. The highest BCUT2D eigenvalue weighted by Gasteiger charge is 2.09. The number of rotatable bonds is 5. The molecule has 0 aliphatic heterocycles. The van der Waals surface area contributed by atoms with Crippen molar-refractivity contribution >= 4 is 23.3 Å². The summed E-state index contributed by atoms with van der Waals surface area (Å²) in [4.78, 5) is 25.7. The van der Waals surface area contributed by atoms with Gasteiger partial charge in [0.1, 0.15) is 5.75 Å². The zero-order valence-corrected chi connectivity index (χ0v) is 13.8. The summed E-state index contributed by atoms with van der Waals surface area (Å²) in [6.07, 6.45) is 0.119. The lowest BCUT2D eigenvalue weighted by Gasteiger charge is -2.10. The molecular formula is C16H19N3O3S. The molecule has 0 unspecified atom stereocenters. The van der Waals surface area contributed by atoms with Crippen molar-refractivity contribution in [3.05, 3.63) is 51.7 Å². The van der Waals surface area contributed by atoms with Crippen LogP contribution in [0.2, 0.25) is 0 Å². The average molecular weight is 333 g/mol. The second kappa shape index (κ2) is 8.19. The standard InChI is InChI=1S/C16H19N3O3S/c1-11-7-8-13(23-11)10-17-16(21)19-18-15(20)9-12-5-3-4-6-14(12)22-2/h3-8H,9-10H2,1-2H3,(H,18,20)(H2,17,19,21). The normalized spacial score (nSPS) is 10.0. The van der Waals surface area contributed by atoms with Gasteiger partial charge in [0.2, 0.25) is 5.91 Å². The van der Waals surface area contributed by atoms with E-state index in [9.17, 15) is 9.59 Å². The average Bonchev–Trinajstić information content (AvgIpc) is 2.97. The van der Waals surface area contributed by atoms with Crippen LogP contribution in [0.3, 0.4) is 0 Å². The Morgan fingerprint density at radius 3 is 2.61 bits per heavy atom. The summed E-state index contributed by atoms with van der Waals surface area (Å²) in [6, 6.07) is 10.7. The summed E-state index contributed by atoms with van der Waals surface area (Å²) in [5, 5.41) is 2.68. The third-order valence-corrected chi connectivity index (χ3v) is 4.08. The molecular weight excluding hydrogens is 314 g/mol. The van der Waals surface area contributed by atoms with Crippen molar-refractivity contribution in [2.75, 3.05) is 7.11 Å². The van der Waals surface area contributed by atoms with Crippen LogP contribution in [0, 0.1) is 6.92 Å². The Bertz CT molecular complexity index is 685. The lowest BCUT2D eigenvalue weighted by Crippen LogP contribution is -2.47. The fraction of sp³-hybridized carbons (Fsp3) is 0.250. The van der Waals surface area contributed by atoms with E-state index in [2.05, 4.69) is 16.2 Å². The van der Waals surface area contributed by atoms with Crippen molar-refractivity contribution in [1.29, 1.82) is 0 Å². The molecule has 6 nitrogen and oxygen atoms in total. The summed E-state index contributed by atoms with van der Waals surface area (Å²) in [5.41, 5.74) is 5.46. The zero-order valence-electron chi connectivity index (χ0n) is 13.0. The number of hydrazine groups is 1. The molecule has 0 aliphatic rings. The third-order valence-electron chi connectivity index (χ3n) is 3.08. The molecule has 0 radical (unpaired) electrons. The number of carbonyl (C=O) groups is 2. The van der Waals surface area contributed by atoms with Gasteiger partial charge >= 0.3 is 6.03 Å².